The minimum atomic E-state index is -0.429. The number of hydrazine groups is 1. The van der Waals surface area contributed by atoms with Gasteiger partial charge in [-0.3, -0.25) is 15.6 Å². The average Bonchev–Trinajstić information content (AvgIpc) is 2.92. The molecule has 8 heteroatoms. The van der Waals surface area contributed by atoms with Crippen molar-refractivity contribution in [1.82, 2.24) is 21.2 Å². The standard InChI is InChI=1S/C14H19N5OS2/c1-3-8-15-13(21)19-18-12(20)9(2)16-14-17-10-6-4-5-7-11(10)22-14/h4-7,9H,3,8H2,1-2H3,(H,16,17)(H,18,20)(H2,15,19,21)/t9-/m1/s1. The van der Waals surface area contributed by atoms with Crippen LogP contribution in [0.3, 0.4) is 0 Å². The number of carbonyl (C=O) groups excluding carboxylic acids is 1. The third kappa shape index (κ3) is 4.54. The lowest BCUT2D eigenvalue weighted by atomic mass is 10.3. The van der Waals surface area contributed by atoms with E-state index in [1.54, 1.807) is 6.92 Å². The molecule has 1 aromatic carbocycles. The van der Waals surface area contributed by atoms with Crippen molar-refractivity contribution in [2.75, 3.05) is 11.9 Å². The van der Waals surface area contributed by atoms with Gasteiger partial charge in [0.05, 0.1) is 10.2 Å². The van der Waals surface area contributed by atoms with Gasteiger partial charge in [0.1, 0.15) is 6.04 Å². The van der Waals surface area contributed by atoms with Crippen molar-refractivity contribution in [3.63, 3.8) is 0 Å². The van der Waals surface area contributed by atoms with Gasteiger partial charge in [-0.1, -0.05) is 30.4 Å². The lowest BCUT2D eigenvalue weighted by Gasteiger charge is -2.15. The van der Waals surface area contributed by atoms with E-state index in [9.17, 15) is 4.79 Å². The van der Waals surface area contributed by atoms with E-state index in [4.69, 9.17) is 12.2 Å². The summed E-state index contributed by atoms with van der Waals surface area (Å²) in [7, 11) is 0. The first-order valence-corrected chi connectivity index (χ1v) is 8.28. The van der Waals surface area contributed by atoms with Gasteiger partial charge in [-0.15, -0.1) is 0 Å². The summed E-state index contributed by atoms with van der Waals surface area (Å²) in [6.07, 6.45) is 0.964. The summed E-state index contributed by atoms with van der Waals surface area (Å²) in [4.78, 5) is 16.4. The van der Waals surface area contributed by atoms with Crippen LogP contribution in [0.15, 0.2) is 24.3 Å². The number of nitrogens with one attached hydrogen (secondary N) is 4. The molecule has 1 heterocycles. The van der Waals surface area contributed by atoms with Gasteiger partial charge in [-0.25, -0.2) is 4.98 Å². The Morgan fingerprint density at radius 2 is 2.14 bits per heavy atom. The molecule has 1 atom stereocenters. The van der Waals surface area contributed by atoms with Crippen molar-refractivity contribution in [3.8, 4) is 0 Å². The molecule has 0 saturated carbocycles. The molecule has 0 saturated heterocycles. The summed E-state index contributed by atoms with van der Waals surface area (Å²) in [5.41, 5.74) is 6.16. The molecular weight excluding hydrogens is 318 g/mol. The summed E-state index contributed by atoms with van der Waals surface area (Å²) in [5, 5.41) is 7.18. The van der Waals surface area contributed by atoms with E-state index in [-0.39, 0.29) is 5.91 Å². The molecule has 0 aliphatic rings. The molecule has 0 fully saturated rings. The molecule has 2 aromatic rings. The topological polar surface area (TPSA) is 78.1 Å². The van der Waals surface area contributed by atoms with E-state index in [1.165, 1.54) is 11.3 Å². The first-order valence-electron chi connectivity index (χ1n) is 7.06. The summed E-state index contributed by atoms with van der Waals surface area (Å²) >= 11 is 6.55. The second kappa shape index (κ2) is 7.90. The summed E-state index contributed by atoms with van der Waals surface area (Å²) in [5.74, 6) is -0.208. The number of aromatic nitrogens is 1. The van der Waals surface area contributed by atoms with Crippen LogP contribution in [0.2, 0.25) is 0 Å². The Morgan fingerprint density at radius 1 is 1.36 bits per heavy atom. The minimum Gasteiger partial charge on any atom is -0.361 e. The Labute approximate surface area is 138 Å². The highest BCUT2D eigenvalue weighted by molar-refractivity contribution is 7.80. The maximum Gasteiger partial charge on any atom is 0.260 e. The zero-order valence-corrected chi connectivity index (χ0v) is 14.1. The number of anilines is 1. The molecule has 0 unspecified atom stereocenters. The number of thiazole rings is 1. The second-order valence-corrected chi connectivity index (χ2v) is 6.16. The summed E-state index contributed by atoms with van der Waals surface area (Å²) in [6, 6.07) is 7.43. The number of thiocarbonyl (C=S) groups is 1. The van der Waals surface area contributed by atoms with E-state index in [1.807, 2.05) is 31.2 Å². The highest BCUT2D eigenvalue weighted by Gasteiger charge is 2.14. The molecule has 2 rings (SSSR count). The lowest BCUT2D eigenvalue weighted by molar-refractivity contribution is -0.122. The molecule has 118 valence electrons. The predicted octanol–water partition coefficient (Wildman–Crippen LogP) is 2.00. The van der Waals surface area contributed by atoms with Gasteiger partial charge in [-0.2, -0.15) is 0 Å². The van der Waals surface area contributed by atoms with Crippen LogP contribution in [0.1, 0.15) is 20.3 Å². The molecular formula is C14H19N5OS2. The van der Waals surface area contributed by atoms with E-state index >= 15 is 0 Å². The lowest BCUT2D eigenvalue weighted by Crippen LogP contribution is -2.50. The number of fused-ring (bicyclic) bond motifs is 1. The number of amides is 1. The fourth-order valence-corrected chi connectivity index (χ4v) is 2.80. The SMILES string of the molecule is CCCNC(=S)NNC(=O)[C@@H](C)Nc1nc2ccccc2s1. The van der Waals surface area contributed by atoms with Crippen molar-refractivity contribution in [2.45, 2.75) is 26.3 Å². The van der Waals surface area contributed by atoms with Crippen molar-refractivity contribution in [1.29, 1.82) is 0 Å². The van der Waals surface area contributed by atoms with Gasteiger partial charge in [0.25, 0.3) is 5.91 Å². The van der Waals surface area contributed by atoms with Gasteiger partial charge in [0.2, 0.25) is 0 Å². The van der Waals surface area contributed by atoms with Gasteiger partial charge in [0.15, 0.2) is 10.2 Å². The Morgan fingerprint density at radius 3 is 2.86 bits per heavy atom. The largest absolute Gasteiger partial charge is 0.361 e. The third-order valence-corrected chi connectivity index (χ3v) is 4.08. The molecule has 1 aromatic heterocycles. The van der Waals surface area contributed by atoms with Crippen LogP contribution >= 0.6 is 23.6 Å². The number of benzene rings is 1. The Bertz CT molecular complexity index is 624. The Balaban J connectivity index is 1.84. The monoisotopic (exact) mass is 337 g/mol. The third-order valence-electron chi connectivity index (χ3n) is 2.86. The fourth-order valence-electron chi connectivity index (χ4n) is 1.69. The molecule has 6 nitrogen and oxygen atoms in total. The second-order valence-electron chi connectivity index (χ2n) is 4.72. The molecule has 22 heavy (non-hydrogen) atoms. The molecule has 1 amide bonds. The number of para-hydroxylation sites is 1. The first kappa shape index (κ1) is 16.4. The van der Waals surface area contributed by atoms with Crippen LogP contribution < -0.4 is 21.5 Å². The van der Waals surface area contributed by atoms with Crippen LogP contribution in [-0.4, -0.2) is 28.6 Å². The van der Waals surface area contributed by atoms with Crippen LogP contribution in [0.25, 0.3) is 10.2 Å². The molecule has 0 aliphatic carbocycles. The Hall–Kier alpha value is -1.93. The van der Waals surface area contributed by atoms with Crippen molar-refractivity contribution < 1.29 is 4.79 Å². The summed E-state index contributed by atoms with van der Waals surface area (Å²) < 4.78 is 1.08. The number of carbonyl (C=O) groups is 1. The van der Waals surface area contributed by atoms with E-state index in [2.05, 4.69) is 26.5 Å². The minimum absolute atomic E-state index is 0.208. The Kier molecular flexibility index (Phi) is 5.91. The molecule has 0 aliphatic heterocycles. The number of hydrogen-bond acceptors (Lipinski definition) is 5. The van der Waals surface area contributed by atoms with Crippen LogP contribution in [0.5, 0.6) is 0 Å². The van der Waals surface area contributed by atoms with Gasteiger partial charge < -0.3 is 10.6 Å². The van der Waals surface area contributed by atoms with E-state index in [0.29, 0.717) is 5.11 Å². The predicted molar refractivity (Wildman–Crippen MR) is 94.9 cm³/mol. The smallest absolute Gasteiger partial charge is 0.260 e. The quantitative estimate of drug-likeness (QED) is 0.494. The van der Waals surface area contributed by atoms with E-state index in [0.717, 1.165) is 28.3 Å². The van der Waals surface area contributed by atoms with Crippen molar-refractivity contribution in [3.05, 3.63) is 24.3 Å². The average molecular weight is 337 g/mol. The first-order chi connectivity index (χ1) is 10.6. The molecule has 0 radical (unpaired) electrons. The van der Waals surface area contributed by atoms with Gasteiger partial charge >= 0.3 is 0 Å². The van der Waals surface area contributed by atoms with Gasteiger partial charge in [0, 0.05) is 6.54 Å². The zero-order chi connectivity index (χ0) is 15.9. The number of hydrogen-bond donors (Lipinski definition) is 4. The van der Waals surface area contributed by atoms with Crippen LogP contribution in [0.4, 0.5) is 5.13 Å². The number of rotatable bonds is 5. The van der Waals surface area contributed by atoms with Crippen LogP contribution in [-0.2, 0) is 4.79 Å². The van der Waals surface area contributed by atoms with Crippen LogP contribution in [0, 0.1) is 0 Å². The van der Waals surface area contributed by atoms with Crippen molar-refractivity contribution in [2.24, 2.45) is 0 Å². The van der Waals surface area contributed by atoms with E-state index < -0.39 is 6.04 Å². The maximum atomic E-state index is 12.0. The molecule has 0 spiro atoms. The molecule has 0 bridgehead atoms. The fraction of sp³-hybridized carbons (Fsp3) is 0.357. The highest BCUT2D eigenvalue weighted by Crippen LogP contribution is 2.25. The van der Waals surface area contributed by atoms with Gasteiger partial charge in [-0.05, 0) is 37.7 Å². The maximum absolute atomic E-state index is 12.0. The molecule has 4 N–H and O–H groups in total. The zero-order valence-electron chi connectivity index (χ0n) is 12.5. The van der Waals surface area contributed by atoms with Crippen molar-refractivity contribution >= 4 is 49.9 Å². The highest BCUT2D eigenvalue weighted by atomic mass is 32.1. The summed E-state index contributed by atoms with van der Waals surface area (Å²) in [6.45, 7) is 4.57. The number of nitrogens with zero attached hydrogens (tertiary/aromatic N) is 1. The normalized spacial score (nSPS) is 11.7.